The molecule has 0 radical (unpaired) electrons. The van der Waals surface area contributed by atoms with Gasteiger partial charge in [0.15, 0.2) is 0 Å². The third kappa shape index (κ3) is 2.31. The van der Waals surface area contributed by atoms with Crippen molar-refractivity contribution in [3.8, 4) is 0 Å². The highest BCUT2D eigenvalue weighted by Crippen LogP contribution is 2.24. The molecular weight excluding hydrogens is 172 g/mol. The van der Waals surface area contributed by atoms with Gasteiger partial charge in [-0.1, -0.05) is 6.08 Å². The van der Waals surface area contributed by atoms with Crippen molar-refractivity contribution < 1.29 is 19.4 Å². The Morgan fingerprint density at radius 2 is 2.31 bits per heavy atom. The van der Waals surface area contributed by atoms with Crippen LogP contribution in [0, 0.1) is 5.92 Å². The fraction of sp³-hybridized carbons (Fsp3) is 0.556. The molecule has 1 atom stereocenters. The van der Waals surface area contributed by atoms with Crippen molar-refractivity contribution >= 4 is 11.9 Å². The Kier molecular flexibility index (Phi) is 3.06. The minimum atomic E-state index is -0.886. The van der Waals surface area contributed by atoms with Gasteiger partial charge in [0.1, 0.15) is 0 Å². The van der Waals surface area contributed by atoms with E-state index in [0.29, 0.717) is 24.8 Å². The molecule has 1 aliphatic rings. The van der Waals surface area contributed by atoms with Gasteiger partial charge >= 0.3 is 11.9 Å². The molecule has 0 aromatic heterocycles. The van der Waals surface area contributed by atoms with Crippen LogP contribution < -0.4 is 0 Å². The van der Waals surface area contributed by atoms with Gasteiger partial charge in [0.05, 0.1) is 13.0 Å². The van der Waals surface area contributed by atoms with E-state index < -0.39 is 5.97 Å². The second-order valence-electron chi connectivity index (χ2n) is 3.03. The van der Waals surface area contributed by atoms with E-state index in [1.54, 1.807) is 6.08 Å². The van der Waals surface area contributed by atoms with E-state index in [-0.39, 0.29) is 11.9 Å². The molecule has 0 heterocycles. The lowest BCUT2D eigenvalue weighted by atomic mass is 9.90. The molecule has 72 valence electrons. The molecule has 1 unspecified atom stereocenters. The Balaban J connectivity index is 2.56. The number of methoxy groups -OCH3 is 1. The number of esters is 1. The summed E-state index contributed by atoms with van der Waals surface area (Å²) in [5.41, 5.74) is 0.403. The molecule has 0 aliphatic heterocycles. The molecule has 0 fully saturated rings. The first-order chi connectivity index (χ1) is 6.15. The maximum Gasteiger partial charge on any atom is 0.331 e. The Labute approximate surface area is 76.2 Å². The van der Waals surface area contributed by atoms with Crippen LogP contribution in [0.4, 0.5) is 0 Å². The predicted octanol–water partition coefficient (Wildman–Crippen LogP) is 0.970. The Morgan fingerprint density at radius 3 is 2.69 bits per heavy atom. The standard InChI is InChI=1S/C9H12O4/c1-13-9(12)7-4-2-6(3-5-7)8(10)11/h2,7H,3-5H2,1H3,(H,10,11). The molecule has 4 heteroatoms. The lowest BCUT2D eigenvalue weighted by Crippen LogP contribution is -2.20. The van der Waals surface area contributed by atoms with Gasteiger partial charge in [-0.3, -0.25) is 4.79 Å². The summed E-state index contributed by atoms with van der Waals surface area (Å²) in [5.74, 6) is -1.29. The Morgan fingerprint density at radius 1 is 1.62 bits per heavy atom. The van der Waals surface area contributed by atoms with Gasteiger partial charge in [-0.15, -0.1) is 0 Å². The predicted molar refractivity (Wildman–Crippen MR) is 45.1 cm³/mol. The van der Waals surface area contributed by atoms with Gasteiger partial charge in [-0.05, 0) is 19.3 Å². The van der Waals surface area contributed by atoms with Crippen molar-refractivity contribution in [2.45, 2.75) is 19.3 Å². The van der Waals surface area contributed by atoms with Gasteiger partial charge in [0.2, 0.25) is 0 Å². The van der Waals surface area contributed by atoms with Crippen LogP contribution in [-0.2, 0) is 14.3 Å². The van der Waals surface area contributed by atoms with Gasteiger partial charge in [-0.25, -0.2) is 4.79 Å². The maximum absolute atomic E-state index is 11.0. The van der Waals surface area contributed by atoms with Crippen molar-refractivity contribution in [1.82, 2.24) is 0 Å². The molecule has 1 rings (SSSR count). The minimum Gasteiger partial charge on any atom is -0.478 e. The largest absolute Gasteiger partial charge is 0.478 e. The molecule has 0 saturated carbocycles. The van der Waals surface area contributed by atoms with E-state index >= 15 is 0 Å². The van der Waals surface area contributed by atoms with Crippen LogP contribution in [-0.4, -0.2) is 24.2 Å². The third-order valence-corrected chi connectivity index (χ3v) is 2.22. The molecule has 0 spiro atoms. The van der Waals surface area contributed by atoms with Crippen LogP contribution in [0.5, 0.6) is 0 Å². The molecule has 0 saturated heterocycles. The molecule has 13 heavy (non-hydrogen) atoms. The Bertz CT molecular complexity index is 254. The van der Waals surface area contributed by atoms with E-state index in [9.17, 15) is 9.59 Å². The number of rotatable bonds is 2. The lowest BCUT2D eigenvalue weighted by Gasteiger charge is -2.17. The molecular formula is C9H12O4. The summed E-state index contributed by atoms with van der Waals surface area (Å²) >= 11 is 0. The second-order valence-corrected chi connectivity index (χ2v) is 3.03. The summed E-state index contributed by atoms with van der Waals surface area (Å²) in [6.07, 6.45) is 3.11. The molecule has 1 aliphatic carbocycles. The molecule has 1 N–H and O–H groups in total. The lowest BCUT2D eigenvalue weighted by molar-refractivity contribution is -0.146. The number of carbonyl (C=O) groups is 2. The van der Waals surface area contributed by atoms with Crippen LogP contribution in [0.25, 0.3) is 0 Å². The number of carboxylic acids is 1. The first-order valence-corrected chi connectivity index (χ1v) is 4.15. The highest BCUT2D eigenvalue weighted by molar-refractivity contribution is 5.87. The maximum atomic E-state index is 11.0. The summed E-state index contributed by atoms with van der Waals surface area (Å²) in [4.78, 5) is 21.6. The third-order valence-electron chi connectivity index (χ3n) is 2.22. The zero-order chi connectivity index (χ0) is 9.84. The average molecular weight is 184 g/mol. The molecule has 0 aromatic carbocycles. The first kappa shape index (κ1) is 9.77. The first-order valence-electron chi connectivity index (χ1n) is 4.15. The number of hydrogen-bond acceptors (Lipinski definition) is 3. The molecule has 0 aromatic rings. The summed E-state index contributed by atoms with van der Waals surface area (Å²) in [6.45, 7) is 0. The summed E-state index contributed by atoms with van der Waals surface area (Å²) in [7, 11) is 1.35. The number of aliphatic carboxylic acids is 1. The van der Waals surface area contributed by atoms with E-state index in [4.69, 9.17) is 5.11 Å². The van der Waals surface area contributed by atoms with E-state index in [2.05, 4.69) is 4.74 Å². The number of carboxylic acid groups (broad SMARTS) is 1. The fourth-order valence-electron chi connectivity index (χ4n) is 1.41. The van der Waals surface area contributed by atoms with Crippen LogP contribution in [0.2, 0.25) is 0 Å². The smallest absolute Gasteiger partial charge is 0.331 e. The van der Waals surface area contributed by atoms with Crippen molar-refractivity contribution in [1.29, 1.82) is 0 Å². The second kappa shape index (κ2) is 4.07. The zero-order valence-electron chi connectivity index (χ0n) is 7.45. The highest BCUT2D eigenvalue weighted by atomic mass is 16.5. The highest BCUT2D eigenvalue weighted by Gasteiger charge is 2.23. The van der Waals surface area contributed by atoms with Gasteiger partial charge in [0.25, 0.3) is 0 Å². The van der Waals surface area contributed by atoms with Gasteiger partial charge < -0.3 is 9.84 Å². The molecule has 4 nitrogen and oxygen atoms in total. The topological polar surface area (TPSA) is 63.6 Å². The van der Waals surface area contributed by atoms with E-state index in [0.717, 1.165) is 0 Å². The van der Waals surface area contributed by atoms with Crippen LogP contribution in [0.3, 0.4) is 0 Å². The molecule has 0 bridgehead atoms. The van der Waals surface area contributed by atoms with Crippen LogP contribution in [0.15, 0.2) is 11.6 Å². The monoisotopic (exact) mass is 184 g/mol. The minimum absolute atomic E-state index is 0.159. The van der Waals surface area contributed by atoms with Crippen molar-refractivity contribution in [3.63, 3.8) is 0 Å². The molecule has 0 amide bonds. The van der Waals surface area contributed by atoms with E-state index in [1.165, 1.54) is 7.11 Å². The normalized spacial score (nSPS) is 21.9. The Hall–Kier alpha value is -1.32. The fourth-order valence-corrected chi connectivity index (χ4v) is 1.41. The summed E-state index contributed by atoms with van der Waals surface area (Å²) in [5, 5.41) is 8.64. The number of allylic oxidation sites excluding steroid dienone is 1. The van der Waals surface area contributed by atoms with E-state index in [1.807, 2.05) is 0 Å². The quantitative estimate of drug-likeness (QED) is 0.649. The number of hydrogen-bond donors (Lipinski definition) is 1. The number of carbonyl (C=O) groups excluding carboxylic acids is 1. The van der Waals surface area contributed by atoms with Gasteiger partial charge in [0, 0.05) is 5.57 Å². The number of ether oxygens (including phenoxy) is 1. The SMILES string of the molecule is COC(=O)C1CC=C(C(=O)O)CC1. The summed E-state index contributed by atoms with van der Waals surface area (Å²) < 4.78 is 4.57. The van der Waals surface area contributed by atoms with Crippen molar-refractivity contribution in [3.05, 3.63) is 11.6 Å². The van der Waals surface area contributed by atoms with Gasteiger partial charge in [-0.2, -0.15) is 0 Å². The van der Waals surface area contributed by atoms with Crippen molar-refractivity contribution in [2.75, 3.05) is 7.11 Å². The summed E-state index contributed by atoms with van der Waals surface area (Å²) in [6, 6.07) is 0. The average Bonchev–Trinajstić information content (AvgIpc) is 2.17. The van der Waals surface area contributed by atoms with Crippen LogP contribution in [0.1, 0.15) is 19.3 Å². The van der Waals surface area contributed by atoms with Crippen LogP contribution >= 0.6 is 0 Å². The van der Waals surface area contributed by atoms with Crippen molar-refractivity contribution in [2.24, 2.45) is 5.92 Å². The zero-order valence-corrected chi connectivity index (χ0v) is 7.45.